The number of carbonyl (C=O) groups excluding carboxylic acids is 1. The third-order valence-corrected chi connectivity index (χ3v) is 3.52. The van der Waals surface area contributed by atoms with Crippen molar-refractivity contribution in [1.29, 1.82) is 0 Å². The lowest BCUT2D eigenvalue weighted by Gasteiger charge is -2.17. The van der Waals surface area contributed by atoms with Crippen molar-refractivity contribution >= 4 is 5.78 Å². The fourth-order valence-electron chi connectivity index (χ4n) is 2.22. The Balaban J connectivity index is 2.16. The van der Waals surface area contributed by atoms with Gasteiger partial charge >= 0.3 is 0 Å². The molecule has 1 unspecified atom stereocenters. The van der Waals surface area contributed by atoms with Crippen molar-refractivity contribution in [2.24, 2.45) is 0 Å². The van der Waals surface area contributed by atoms with Gasteiger partial charge in [0.2, 0.25) is 5.78 Å². The van der Waals surface area contributed by atoms with Crippen LogP contribution in [0.25, 0.3) is 0 Å². The number of ether oxygens (including phenoxy) is 1. The molecule has 0 amide bonds. The van der Waals surface area contributed by atoms with Crippen LogP contribution in [-0.2, 0) is 0 Å². The predicted molar refractivity (Wildman–Crippen MR) is 86.0 cm³/mol. The SMILES string of the molecule is CCC(Oc1cccc(C(C)C)c1)C(=O)c1ccccc1. The van der Waals surface area contributed by atoms with Crippen LogP contribution in [0, 0.1) is 0 Å². The Labute approximate surface area is 126 Å². The normalized spacial score (nSPS) is 12.2. The maximum atomic E-state index is 12.5. The fourth-order valence-corrected chi connectivity index (χ4v) is 2.22. The van der Waals surface area contributed by atoms with Crippen LogP contribution in [0.2, 0.25) is 0 Å². The van der Waals surface area contributed by atoms with Crippen molar-refractivity contribution < 1.29 is 9.53 Å². The van der Waals surface area contributed by atoms with Crippen LogP contribution in [0.4, 0.5) is 0 Å². The molecule has 2 rings (SSSR count). The zero-order valence-corrected chi connectivity index (χ0v) is 12.9. The number of rotatable bonds is 6. The Morgan fingerprint density at radius 3 is 2.38 bits per heavy atom. The van der Waals surface area contributed by atoms with Gasteiger partial charge < -0.3 is 4.74 Å². The lowest BCUT2D eigenvalue weighted by molar-refractivity contribution is 0.0786. The molecule has 0 aliphatic carbocycles. The first kappa shape index (κ1) is 15.3. The molecule has 0 aromatic heterocycles. The van der Waals surface area contributed by atoms with Gasteiger partial charge in [0.15, 0.2) is 6.10 Å². The zero-order chi connectivity index (χ0) is 15.2. The van der Waals surface area contributed by atoms with Crippen LogP contribution in [0.15, 0.2) is 54.6 Å². The minimum Gasteiger partial charge on any atom is -0.482 e. The molecule has 2 aromatic carbocycles. The van der Waals surface area contributed by atoms with E-state index in [0.29, 0.717) is 17.9 Å². The van der Waals surface area contributed by atoms with E-state index in [-0.39, 0.29) is 5.78 Å². The molecular formula is C19H22O2. The quantitative estimate of drug-likeness (QED) is 0.708. The van der Waals surface area contributed by atoms with Gasteiger partial charge in [0, 0.05) is 5.56 Å². The fraction of sp³-hybridized carbons (Fsp3) is 0.316. The maximum absolute atomic E-state index is 12.5. The molecule has 0 N–H and O–H groups in total. The van der Waals surface area contributed by atoms with Gasteiger partial charge in [-0.1, -0.05) is 63.2 Å². The Morgan fingerprint density at radius 1 is 1.05 bits per heavy atom. The van der Waals surface area contributed by atoms with Crippen molar-refractivity contribution in [2.45, 2.75) is 39.2 Å². The van der Waals surface area contributed by atoms with Gasteiger partial charge in [-0.2, -0.15) is 0 Å². The molecule has 2 heteroatoms. The molecule has 110 valence electrons. The minimum absolute atomic E-state index is 0.0352. The third-order valence-electron chi connectivity index (χ3n) is 3.52. The third kappa shape index (κ3) is 3.94. The zero-order valence-electron chi connectivity index (χ0n) is 12.9. The topological polar surface area (TPSA) is 26.3 Å². The molecule has 0 saturated carbocycles. The van der Waals surface area contributed by atoms with Gasteiger partial charge in [0.1, 0.15) is 5.75 Å². The van der Waals surface area contributed by atoms with Crippen LogP contribution < -0.4 is 4.74 Å². The second kappa shape index (κ2) is 7.07. The highest BCUT2D eigenvalue weighted by Gasteiger charge is 2.20. The predicted octanol–water partition coefficient (Wildman–Crippen LogP) is 4.85. The Hall–Kier alpha value is -2.09. The molecule has 0 radical (unpaired) electrons. The van der Waals surface area contributed by atoms with Gasteiger partial charge in [-0.25, -0.2) is 0 Å². The molecule has 0 aliphatic rings. The molecule has 0 heterocycles. The summed E-state index contributed by atoms with van der Waals surface area (Å²) in [5, 5.41) is 0. The number of ketones is 1. The smallest absolute Gasteiger partial charge is 0.203 e. The first-order valence-corrected chi connectivity index (χ1v) is 7.47. The first-order valence-electron chi connectivity index (χ1n) is 7.47. The van der Waals surface area contributed by atoms with Gasteiger partial charge in [-0.05, 0) is 30.0 Å². The molecule has 0 saturated heterocycles. The van der Waals surface area contributed by atoms with Crippen LogP contribution in [0.5, 0.6) is 5.75 Å². The summed E-state index contributed by atoms with van der Waals surface area (Å²) in [7, 11) is 0. The van der Waals surface area contributed by atoms with Crippen molar-refractivity contribution in [3.63, 3.8) is 0 Å². The van der Waals surface area contributed by atoms with E-state index in [2.05, 4.69) is 19.9 Å². The number of Topliss-reactive ketones (excluding diaryl/α,β-unsaturated/α-hetero) is 1. The van der Waals surface area contributed by atoms with Crippen molar-refractivity contribution in [3.05, 3.63) is 65.7 Å². The average Bonchev–Trinajstić information content (AvgIpc) is 2.53. The summed E-state index contributed by atoms with van der Waals surface area (Å²) < 4.78 is 5.92. The van der Waals surface area contributed by atoms with Crippen LogP contribution in [0.1, 0.15) is 49.0 Å². The summed E-state index contributed by atoms with van der Waals surface area (Å²) in [6.07, 6.45) is 0.217. The lowest BCUT2D eigenvalue weighted by atomic mass is 10.0. The lowest BCUT2D eigenvalue weighted by Crippen LogP contribution is -2.26. The Morgan fingerprint density at radius 2 is 1.76 bits per heavy atom. The van der Waals surface area contributed by atoms with E-state index in [9.17, 15) is 4.79 Å². The highest BCUT2D eigenvalue weighted by atomic mass is 16.5. The number of carbonyl (C=O) groups is 1. The average molecular weight is 282 g/mol. The molecule has 0 fully saturated rings. The van der Waals surface area contributed by atoms with E-state index in [0.717, 1.165) is 5.75 Å². The monoisotopic (exact) mass is 282 g/mol. The summed E-state index contributed by atoms with van der Waals surface area (Å²) >= 11 is 0. The molecule has 0 aliphatic heterocycles. The van der Waals surface area contributed by atoms with Crippen LogP contribution in [-0.4, -0.2) is 11.9 Å². The van der Waals surface area contributed by atoms with E-state index >= 15 is 0 Å². The molecule has 0 bridgehead atoms. The summed E-state index contributed by atoms with van der Waals surface area (Å²) in [4.78, 5) is 12.5. The second-order valence-corrected chi connectivity index (χ2v) is 5.47. The van der Waals surface area contributed by atoms with Crippen LogP contribution in [0.3, 0.4) is 0 Å². The van der Waals surface area contributed by atoms with Crippen LogP contribution >= 0.6 is 0 Å². The van der Waals surface area contributed by atoms with E-state index < -0.39 is 6.10 Å². The highest BCUT2D eigenvalue weighted by molar-refractivity contribution is 5.99. The molecule has 0 spiro atoms. The van der Waals surface area contributed by atoms with Gasteiger partial charge in [0.05, 0.1) is 0 Å². The Kier molecular flexibility index (Phi) is 5.15. The molecule has 2 aromatic rings. The first-order chi connectivity index (χ1) is 10.1. The van der Waals surface area contributed by atoms with E-state index in [1.165, 1.54) is 5.56 Å². The summed E-state index contributed by atoms with van der Waals surface area (Å²) in [5.41, 5.74) is 1.92. The van der Waals surface area contributed by atoms with Gasteiger partial charge in [-0.15, -0.1) is 0 Å². The van der Waals surface area contributed by atoms with Gasteiger partial charge in [-0.3, -0.25) is 4.79 Å². The Bertz CT molecular complexity index is 588. The van der Waals surface area contributed by atoms with E-state index in [4.69, 9.17) is 4.74 Å². The standard InChI is InChI=1S/C19H22O2/c1-4-18(19(20)15-9-6-5-7-10-15)21-17-12-8-11-16(13-17)14(2)3/h5-14,18H,4H2,1-3H3. The number of hydrogen-bond acceptors (Lipinski definition) is 2. The minimum atomic E-state index is -0.435. The highest BCUT2D eigenvalue weighted by Crippen LogP contribution is 2.22. The molecule has 1 atom stereocenters. The molecule has 21 heavy (non-hydrogen) atoms. The molecular weight excluding hydrogens is 260 g/mol. The second-order valence-electron chi connectivity index (χ2n) is 5.47. The van der Waals surface area contributed by atoms with E-state index in [1.807, 2.05) is 55.5 Å². The van der Waals surface area contributed by atoms with Gasteiger partial charge in [0.25, 0.3) is 0 Å². The maximum Gasteiger partial charge on any atom is 0.203 e. The van der Waals surface area contributed by atoms with Crippen molar-refractivity contribution in [2.75, 3.05) is 0 Å². The van der Waals surface area contributed by atoms with Crippen molar-refractivity contribution in [3.8, 4) is 5.75 Å². The van der Waals surface area contributed by atoms with Crippen molar-refractivity contribution in [1.82, 2.24) is 0 Å². The molecule has 2 nitrogen and oxygen atoms in total. The number of benzene rings is 2. The summed E-state index contributed by atoms with van der Waals surface area (Å²) in [6.45, 7) is 6.26. The largest absolute Gasteiger partial charge is 0.482 e. The number of hydrogen-bond donors (Lipinski definition) is 0. The van der Waals surface area contributed by atoms with E-state index in [1.54, 1.807) is 0 Å². The summed E-state index contributed by atoms with van der Waals surface area (Å²) in [5.74, 6) is 1.24. The summed E-state index contributed by atoms with van der Waals surface area (Å²) in [6, 6.07) is 17.3.